The highest BCUT2D eigenvalue weighted by Crippen LogP contribution is 2.36. The molecule has 1 rings (SSSR count). The Morgan fingerprint density at radius 3 is 2.31 bits per heavy atom. The Morgan fingerprint density at radius 2 is 1.92 bits per heavy atom. The zero-order valence-electron chi connectivity index (χ0n) is 12.4. The lowest BCUT2D eigenvalue weighted by Crippen LogP contribution is -1.91. The first kappa shape index (κ1) is 4.00. The average Bonchev–Trinajstić information content (AvgIpc) is 2.19. The maximum Gasteiger partial charge on any atom is 0.200 e. The molecule has 0 aromatic heterocycles. The van der Waals surface area contributed by atoms with Crippen molar-refractivity contribution in [3.63, 3.8) is 0 Å². The first-order chi connectivity index (χ1) is 8.52. The van der Waals surface area contributed by atoms with Crippen LogP contribution in [0.3, 0.4) is 0 Å². The predicted octanol–water partition coefficient (Wildman–Crippen LogP) is 1.22. The Bertz CT molecular complexity index is 442. The standard InChI is InChI=1S/C9H10O4/c1-12-7-3-6(5-10)4-8(13-2)9(7)11/h3-5,11H,1-2H3/i1D3,2D3. The number of phenolic OH excluding ortho intramolecular Hbond substituents is 1. The SMILES string of the molecule is [2H]C([2H])([2H])Oc1cc(C=O)cc(OC([2H])([2H])[2H])c1O. The number of hydrogen-bond donors (Lipinski definition) is 1. The smallest absolute Gasteiger partial charge is 0.200 e. The number of rotatable bonds is 3. The summed E-state index contributed by atoms with van der Waals surface area (Å²) >= 11 is 0. The minimum Gasteiger partial charge on any atom is -0.502 e. The van der Waals surface area contributed by atoms with Crippen molar-refractivity contribution in [1.29, 1.82) is 0 Å². The normalized spacial score (nSPS) is 18.2. The first-order valence-corrected chi connectivity index (χ1v) is 3.22. The van der Waals surface area contributed by atoms with Crippen LogP contribution < -0.4 is 9.47 Å². The molecule has 0 saturated carbocycles. The molecule has 0 bridgehead atoms. The maximum atomic E-state index is 10.7. The number of aromatic hydroxyl groups is 1. The largest absolute Gasteiger partial charge is 0.502 e. The van der Waals surface area contributed by atoms with Gasteiger partial charge < -0.3 is 14.6 Å². The number of ether oxygens (including phenoxy) is 2. The highest BCUT2D eigenvalue weighted by atomic mass is 16.5. The average molecular weight is 188 g/mol. The molecule has 4 heteroatoms. The molecule has 1 aromatic carbocycles. The van der Waals surface area contributed by atoms with Crippen molar-refractivity contribution in [2.45, 2.75) is 0 Å². The lowest BCUT2D eigenvalue weighted by Gasteiger charge is -2.08. The van der Waals surface area contributed by atoms with E-state index < -0.39 is 31.3 Å². The van der Waals surface area contributed by atoms with E-state index in [4.69, 9.17) is 8.22 Å². The minimum absolute atomic E-state index is 0.101. The third-order valence-corrected chi connectivity index (χ3v) is 1.42. The molecule has 0 saturated heterocycles. The zero-order valence-corrected chi connectivity index (χ0v) is 6.40. The Labute approximate surface area is 84.1 Å². The predicted molar refractivity (Wildman–Crippen MR) is 46.6 cm³/mol. The van der Waals surface area contributed by atoms with Gasteiger partial charge in [0.15, 0.2) is 11.5 Å². The van der Waals surface area contributed by atoms with Gasteiger partial charge in [-0.05, 0) is 12.1 Å². The van der Waals surface area contributed by atoms with Gasteiger partial charge in [0, 0.05) is 5.56 Å². The van der Waals surface area contributed by atoms with Gasteiger partial charge in [-0.25, -0.2) is 0 Å². The van der Waals surface area contributed by atoms with E-state index in [9.17, 15) is 9.90 Å². The van der Waals surface area contributed by atoms with Crippen molar-refractivity contribution in [2.24, 2.45) is 0 Å². The van der Waals surface area contributed by atoms with E-state index in [0.717, 1.165) is 12.1 Å². The quantitative estimate of drug-likeness (QED) is 0.724. The second-order valence-corrected chi connectivity index (χ2v) is 2.19. The highest BCUT2D eigenvalue weighted by molar-refractivity contribution is 5.78. The molecule has 4 nitrogen and oxygen atoms in total. The van der Waals surface area contributed by atoms with Gasteiger partial charge in [-0.15, -0.1) is 0 Å². The fraction of sp³-hybridized carbons (Fsp3) is 0.222. The van der Waals surface area contributed by atoms with Gasteiger partial charge in [0.25, 0.3) is 0 Å². The Kier molecular flexibility index (Phi) is 1.17. The molecular formula is C9H10O4. The molecule has 0 spiro atoms. The molecule has 0 aliphatic carbocycles. The molecule has 0 radical (unpaired) electrons. The number of carbonyl (C=O) groups is 1. The van der Waals surface area contributed by atoms with Crippen LogP contribution in [0.15, 0.2) is 12.1 Å². The monoisotopic (exact) mass is 188 g/mol. The molecule has 70 valence electrons. The third-order valence-electron chi connectivity index (χ3n) is 1.42. The molecule has 0 aliphatic rings. The number of methoxy groups -OCH3 is 2. The van der Waals surface area contributed by atoms with E-state index in [1.165, 1.54) is 0 Å². The molecule has 0 fully saturated rings. The number of aldehydes is 1. The molecule has 1 N–H and O–H groups in total. The van der Waals surface area contributed by atoms with Gasteiger partial charge in [-0.3, -0.25) is 4.79 Å². The summed E-state index contributed by atoms with van der Waals surface area (Å²) in [5, 5.41) is 9.67. The van der Waals surface area contributed by atoms with Crippen molar-refractivity contribution >= 4 is 6.29 Å². The van der Waals surface area contributed by atoms with Crippen LogP contribution in [0.4, 0.5) is 0 Å². The molecule has 0 amide bonds. The van der Waals surface area contributed by atoms with Crippen molar-refractivity contribution in [1.82, 2.24) is 0 Å². The van der Waals surface area contributed by atoms with E-state index in [1.54, 1.807) is 0 Å². The first-order valence-electron chi connectivity index (χ1n) is 6.22. The second-order valence-electron chi connectivity index (χ2n) is 2.19. The van der Waals surface area contributed by atoms with Crippen molar-refractivity contribution < 1.29 is 27.6 Å². The van der Waals surface area contributed by atoms with Gasteiger partial charge in [0.2, 0.25) is 5.75 Å². The van der Waals surface area contributed by atoms with Gasteiger partial charge in [0.1, 0.15) is 6.29 Å². The van der Waals surface area contributed by atoms with Crippen LogP contribution in [0.25, 0.3) is 0 Å². The summed E-state index contributed by atoms with van der Waals surface area (Å²) in [6.45, 7) is 0. The van der Waals surface area contributed by atoms with Crippen LogP contribution in [-0.4, -0.2) is 25.5 Å². The Morgan fingerprint density at radius 1 is 1.38 bits per heavy atom. The zero-order chi connectivity index (χ0) is 14.8. The fourth-order valence-corrected chi connectivity index (χ4v) is 0.826. The van der Waals surface area contributed by atoms with E-state index in [0.29, 0.717) is 6.29 Å². The molecule has 13 heavy (non-hydrogen) atoms. The lowest BCUT2D eigenvalue weighted by molar-refractivity contribution is 0.112. The number of benzene rings is 1. The van der Waals surface area contributed by atoms with Crippen molar-refractivity contribution in [2.75, 3.05) is 14.1 Å². The summed E-state index contributed by atoms with van der Waals surface area (Å²) in [7, 11) is -5.73. The van der Waals surface area contributed by atoms with Gasteiger partial charge in [-0.1, -0.05) is 0 Å². The summed E-state index contributed by atoms with van der Waals surface area (Å²) in [6, 6.07) is 1.92. The van der Waals surface area contributed by atoms with Gasteiger partial charge >= 0.3 is 0 Å². The topological polar surface area (TPSA) is 55.8 Å². The maximum absolute atomic E-state index is 10.7. The summed E-state index contributed by atoms with van der Waals surface area (Å²) in [5.74, 6) is -1.94. The summed E-state index contributed by atoms with van der Waals surface area (Å²) in [6.07, 6.45) is 0.332. The summed E-state index contributed by atoms with van der Waals surface area (Å²) < 4.78 is 50.3. The number of carbonyl (C=O) groups excluding carboxylic acids is 1. The summed E-state index contributed by atoms with van der Waals surface area (Å²) in [4.78, 5) is 10.7. The Balaban J connectivity index is 3.25. The van der Waals surface area contributed by atoms with E-state index >= 15 is 0 Å². The van der Waals surface area contributed by atoms with Crippen LogP contribution in [-0.2, 0) is 0 Å². The fourth-order valence-electron chi connectivity index (χ4n) is 0.826. The van der Waals surface area contributed by atoms with Crippen LogP contribution >= 0.6 is 0 Å². The third kappa shape index (κ3) is 1.72. The molecule has 0 atom stereocenters. The molecule has 1 aromatic rings. The van der Waals surface area contributed by atoms with E-state index in [1.807, 2.05) is 0 Å². The Hall–Kier alpha value is -1.71. The number of phenols is 1. The highest BCUT2D eigenvalue weighted by Gasteiger charge is 2.10. The minimum atomic E-state index is -2.86. The lowest BCUT2D eigenvalue weighted by atomic mass is 10.2. The van der Waals surface area contributed by atoms with Crippen molar-refractivity contribution in [3.8, 4) is 17.2 Å². The van der Waals surface area contributed by atoms with E-state index in [-0.39, 0.29) is 5.56 Å². The van der Waals surface area contributed by atoms with Gasteiger partial charge in [0.05, 0.1) is 22.3 Å². The van der Waals surface area contributed by atoms with Crippen LogP contribution in [0.1, 0.15) is 18.6 Å². The van der Waals surface area contributed by atoms with Crippen molar-refractivity contribution in [3.05, 3.63) is 17.7 Å². The van der Waals surface area contributed by atoms with Crippen LogP contribution in [0.2, 0.25) is 0 Å². The molecule has 0 unspecified atom stereocenters. The molecular weight excluding hydrogens is 172 g/mol. The van der Waals surface area contributed by atoms with Crippen LogP contribution in [0.5, 0.6) is 17.2 Å². The van der Waals surface area contributed by atoms with E-state index in [2.05, 4.69) is 9.47 Å². The van der Waals surface area contributed by atoms with Crippen LogP contribution in [0, 0.1) is 0 Å². The molecule has 0 heterocycles. The van der Waals surface area contributed by atoms with Gasteiger partial charge in [-0.2, -0.15) is 0 Å². The summed E-state index contributed by atoms with van der Waals surface area (Å²) in [5.41, 5.74) is -0.101. The molecule has 0 aliphatic heterocycles. The number of hydrogen-bond acceptors (Lipinski definition) is 4. The second kappa shape index (κ2) is 3.80.